The van der Waals surface area contributed by atoms with E-state index in [1.54, 1.807) is 19.3 Å². The van der Waals surface area contributed by atoms with E-state index in [9.17, 15) is 22.8 Å². The number of piperidine rings is 1. The Kier molecular flexibility index (Phi) is 5.99. The Morgan fingerprint density at radius 2 is 1.94 bits per heavy atom. The largest absolute Gasteiger partial charge is 0.435 e. The molecule has 1 atom stereocenters. The van der Waals surface area contributed by atoms with Gasteiger partial charge in [0, 0.05) is 49.7 Å². The molecule has 0 saturated carbocycles. The van der Waals surface area contributed by atoms with Gasteiger partial charge in [0.2, 0.25) is 0 Å². The third-order valence-electron chi connectivity index (χ3n) is 7.07. The molecule has 1 unspecified atom stereocenters. The number of hydrogen-bond donors (Lipinski definition) is 3. The predicted octanol–water partition coefficient (Wildman–Crippen LogP) is 2.48. The average molecular weight is 490 g/mol. The number of H-pyrrole nitrogens is 2. The number of fused-ring (bicyclic) bond motifs is 1. The van der Waals surface area contributed by atoms with E-state index in [1.165, 1.54) is 6.07 Å². The zero-order chi connectivity index (χ0) is 24.7. The number of aromatic amines is 2. The fourth-order valence-electron chi connectivity index (χ4n) is 5.18. The maximum Gasteiger partial charge on any atom is 0.435 e. The number of halogens is 3. The molecule has 3 aromatic rings. The van der Waals surface area contributed by atoms with Crippen molar-refractivity contribution in [3.8, 4) is 0 Å². The van der Waals surface area contributed by atoms with Crippen LogP contribution in [0.2, 0.25) is 0 Å². The summed E-state index contributed by atoms with van der Waals surface area (Å²) >= 11 is 0. The third-order valence-corrected chi connectivity index (χ3v) is 7.07. The van der Waals surface area contributed by atoms with Gasteiger partial charge in [-0.15, -0.1) is 0 Å². The van der Waals surface area contributed by atoms with E-state index in [1.807, 2.05) is 6.07 Å². The van der Waals surface area contributed by atoms with E-state index >= 15 is 0 Å². The van der Waals surface area contributed by atoms with Crippen molar-refractivity contribution < 1.29 is 18.0 Å². The van der Waals surface area contributed by atoms with Crippen molar-refractivity contribution in [1.82, 2.24) is 30.4 Å². The molecule has 12 heteroatoms. The summed E-state index contributed by atoms with van der Waals surface area (Å²) in [5.41, 5.74) is 0.0890. The first-order valence-electron chi connectivity index (χ1n) is 11.6. The summed E-state index contributed by atoms with van der Waals surface area (Å²) in [6, 6.07) is 5.41. The summed E-state index contributed by atoms with van der Waals surface area (Å²) in [5.74, 6) is -0.260. The van der Waals surface area contributed by atoms with Crippen LogP contribution in [0.15, 0.2) is 29.2 Å². The van der Waals surface area contributed by atoms with Crippen LogP contribution in [0.25, 0.3) is 10.9 Å². The molecule has 1 amide bonds. The molecular weight excluding hydrogens is 463 g/mol. The van der Waals surface area contributed by atoms with Gasteiger partial charge in [-0.05, 0) is 44.0 Å². The molecule has 9 nitrogen and oxygen atoms in total. The van der Waals surface area contributed by atoms with Crippen LogP contribution in [0.1, 0.15) is 47.1 Å². The summed E-state index contributed by atoms with van der Waals surface area (Å²) in [5, 5.41) is 7.92. The van der Waals surface area contributed by atoms with E-state index in [0.717, 1.165) is 44.6 Å². The number of amides is 1. The highest BCUT2D eigenvalue weighted by atomic mass is 19.4. The minimum atomic E-state index is -4.63. The van der Waals surface area contributed by atoms with E-state index in [4.69, 9.17) is 0 Å². The first-order valence-corrected chi connectivity index (χ1v) is 11.6. The second-order valence-electron chi connectivity index (χ2n) is 9.09. The van der Waals surface area contributed by atoms with Gasteiger partial charge < -0.3 is 15.2 Å². The van der Waals surface area contributed by atoms with Crippen LogP contribution < -0.4 is 15.8 Å². The number of nitrogens with zero attached hydrogens (tertiary/aromatic N) is 4. The Morgan fingerprint density at radius 3 is 2.60 bits per heavy atom. The standard InChI is InChI=1S/C23H26F3N7O2/c1-27-21(34)17-3-2-15(11-28-17)32-8-5-14(6-9-32)33-7-4-13(12-33)18-10-16-19(22(35)29-18)30-31-20(16)23(24,25)26/h2-3,10-11,13-14H,4-9,12H2,1H3,(H,27,34)(H,29,35)(H,30,31). The highest BCUT2D eigenvalue weighted by Gasteiger charge is 2.37. The number of carbonyl (C=O) groups is 1. The SMILES string of the molecule is CNC(=O)c1ccc(N2CCC(N3CCC(c4cc5c(C(F)(F)F)n[nH]c5c(=O)[nH]4)C3)CC2)cn1. The van der Waals surface area contributed by atoms with Gasteiger partial charge in [0.05, 0.1) is 11.9 Å². The average Bonchev–Trinajstić information content (AvgIpc) is 3.52. The molecule has 3 N–H and O–H groups in total. The van der Waals surface area contributed by atoms with E-state index in [0.29, 0.717) is 24.0 Å². The molecule has 0 bridgehead atoms. The highest BCUT2D eigenvalue weighted by Crippen LogP contribution is 2.35. The van der Waals surface area contributed by atoms with E-state index in [-0.39, 0.29) is 22.7 Å². The third kappa shape index (κ3) is 4.49. The lowest BCUT2D eigenvalue weighted by molar-refractivity contribution is -0.139. The fraction of sp³-hybridized carbons (Fsp3) is 0.478. The number of carbonyl (C=O) groups excluding carboxylic acids is 1. The van der Waals surface area contributed by atoms with Gasteiger partial charge in [-0.1, -0.05) is 0 Å². The Balaban J connectivity index is 1.23. The zero-order valence-electron chi connectivity index (χ0n) is 19.2. The number of aromatic nitrogens is 4. The molecule has 186 valence electrons. The number of likely N-dealkylation sites (tertiary alicyclic amines) is 1. The molecule has 2 aliphatic rings. The Morgan fingerprint density at radius 1 is 1.17 bits per heavy atom. The number of pyridine rings is 2. The van der Waals surface area contributed by atoms with Crippen LogP contribution in [0, 0.1) is 0 Å². The van der Waals surface area contributed by atoms with Gasteiger partial charge in [-0.3, -0.25) is 19.6 Å². The fourth-order valence-corrected chi connectivity index (χ4v) is 5.18. The summed E-state index contributed by atoms with van der Waals surface area (Å²) in [6.07, 6.45) is -0.254. The summed E-state index contributed by atoms with van der Waals surface area (Å²) in [6.45, 7) is 3.21. The second-order valence-corrected chi connectivity index (χ2v) is 9.09. The molecule has 0 aromatic carbocycles. The van der Waals surface area contributed by atoms with Crippen LogP contribution in [-0.4, -0.2) is 70.2 Å². The summed E-state index contributed by atoms with van der Waals surface area (Å²) < 4.78 is 39.9. The summed E-state index contributed by atoms with van der Waals surface area (Å²) in [7, 11) is 1.57. The van der Waals surface area contributed by atoms with Crippen LogP contribution in [0.5, 0.6) is 0 Å². The van der Waals surface area contributed by atoms with Crippen LogP contribution in [-0.2, 0) is 6.18 Å². The highest BCUT2D eigenvalue weighted by molar-refractivity contribution is 5.92. The monoisotopic (exact) mass is 489 g/mol. The van der Waals surface area contributed by atoms with Crippen molar-refractivity contribution in [1.29, 1.82) is 0 Å². The van der Waals surface area contributed by atoms with Crippen LogP contribution in [0.3, 0.4) is 0 Å². The molecule has 5 heterocycles. The number of hydrogen-bond acceptors (Lipinski definition) is 6. The van der Waals surface area contributed by atoms with E-state index in [2.05, 4.69) is 35.3 Å². The van der Waals surface area contributed by atoms with Crippen molar-refractivity contribution in [3.63, 3.8) is 0 Å². The molecule has 2 fully saturated rings. The Hall–Kier alpha value is -3.41. The molecule has 0 spiro atoms. The molecule has 2 aliphatic heterocycles. The number of rotatable bonds is 4. The molecule has 35 heavy (non-hydrogen) atoms. The lowest BCUT2D eigenvalue weighted by atomic mass is 10.0. The van der Waals surface area contributed by atoms with Crippen molar-refractivity contribution in [3.05, 3.63) is 51.8 Å². The Labute approximate surface area is 198 Å². The Bertz CT molecular complexity index is 1280. The quantitative estimate of drug-likeness (QED) is 0.520. The molecular formula is C23H26F3N7O2. The van der Waals surface area contributed by atoms with Crippen LogP contribution in [0.4, 0.5) is 18.9 Å². The first kappa shape index (κ1) is 23.3. The molecule has 5 rings (SSSR count). The van der Waals surface area contributed by atoms with Gasteiger partial charge in [0.1, 0.15) is 11.2 Å². The molecule has 0 radical (unpaired) electrons. The maximum absolute atomic E-state index is 13.3. The smallest absolute Gasteiger partial charge is 0.370 e. The normalized spacial score (nSPS) is 20.0. The maximum atomic E-state index is 13.3. The van der Waals surface area contributed by atoms with Crippen molar-refractivity contribution in [2.45, 2.75) is 37.4 Å². The number of anilines is 1. The predicted molar refractivity (Wildman–Crippen MR) is 124 cm³/mol. The van der Waals surface area contributed by atoms with Crippen molar-refractivity contribution in [2.75, 3.05) is 38.1 Å². The first-order chi connectivity index (χ1) is 16.7. The number of nitrogens with one attached hydrogen (secondary N) is 3. The van der Waals surface area contributed by atoms with Gasteiger partial charge in [0.25, 0.3) is 11.5 Å². The van der Waals surface area contributed by atoms with Gasteiger partial charge in [0.15, 0.2) is 5.69 Å². The minimum absolute atomic E-state index is 0.0393. The topological polar surface area (TPSA) is 110 Å². The minimum Gasteiger partial charge on any atom is -0.370 e. The molecule has 3 aromatic heterocycles. The second kappa shape index (κ2) is 8.99. The molecule has 2 saturated heterocycles. The van der Waals surface area contributed by atoms with Gasteiger partial charge in [-0.2, -0.15) is 18.3 Å². The van der Waals surface area contributed by atoms with Crippen LogP contribution >= 0.6 is 0 Å². The van der Waals surface area contributed by atoms with Gasteiger partial charge >= 0.3 is 6.18 Å². The lowest BCUT2D eigenvalue weighted by Crippen LogP contribution is -2.44. The van der Waals surface area contributed by atoms with Crippen molar-refractivity contribution >= 4 is 22.5 Å². The number of alkyl halides is 3. The zero-order valence-corrected chi connectivity index (χ0v) is 19.2. The lowest BCUT2D eigenvalue weighted by Gasteiger charge is -2.37. The molecule has 0 aliphatic carbocycles. The van der Waals surface area contributed by atoms with Crippen molar-refractivity contribution in [2.24, 2.45) is 0 Å². The summed E-state index contributed by atoms with van der Waals surface area (Å²) in [4.78, 5) is 35.7. The van der Waals surface area contributed by atoms with Gasteiger partial charge in [-0.25, -0.2) is 4.98 Å². The van der Waals surface area contributed by atoms with E-state index < -0.39 is 17.4 Å².